The van der Waals surface area contributed by atoms with E-state index in [9.17, 15) is 19.6 Å². The molecule has 0 radical (unpaired) electrons. The summed E-state index contributed by atoms with van der Waals surface area (Å²) in [7, 11) is 0. The van der Waals surface area contributed by atoms with Gasteiger partial charge in [-0.25, -0.2) is 4.79 Å². The van der Waals surface area contributed by atoms with Gasteiger partial charge in [-0.05, 0) is 26.7 Å². The summed E-state index contributed by atoms with van der Waals surface area (Å²) in [6.07, 6.45) is 0. The fourth-order valence-electron chi connectivity index (χ4n) is 3.37. The highest BCUT2D eigenvalue weighted by atomic mass is 16.2. The topological polar surface area (TPSA) is 88.1 Å². The lowest BCUT2D eigenvalue weighted by Crippen LogP contribution is -2.45. The van der Waals surface area contributed by atoms with Gasteiger partial charge in [-0.15, -0.1) is 0 Å². The lowest BCUT2D eigenvalue weighted by atomic mass is 9.76. The number of rotatable bonds is 4. The molecule has 1 aromatic heterocycles. The van der Waals surface area contributed by atoms with Crippen molar-refractivity contribution >= 4 is 11.6 Å². The number of amides is 1. The van der Waals surface area contributed by atoms with Gasteiger partial charge in [0, 0.05) is 19.6 Å². The van der Waals surface area contributed by atoms with Crippen LogP contribution in [0.1, 0.15) is 40.3 Å². The van der Waals surface area contributed by atoms with Crippen LogP contribution in [0.4, 0.5) is 5.69 Å². The van der Waals surface area contributed by atoms with Crippen LogP contribution in [0.5, 0.6) is 0 Å². The van der Waals surface area contributed by atoms with Gasteiger partial charge in [0.1, 0.15) is 5.69 Å². The number of carbonyl (C=O) groups is 1. The molecule has 124 valence electrons. The quantitative estimate of drug-likeness (QED) is 0.822. The third-order valence-electron chi connectivity index (χ3n) is 4.62. The van der Waals surface area contributed by atoms with Crippen LogP contribution in [0.15, 0.2) is 9.59 Å². The van der Waals surface area contributed by atoms with E-state index in [2.05, 4.69) is 6.07 Å². The zero-order valence-electron chi connectivity index (χ0n) is 14.2. The Bertz CT molecular complexity index is 812. The van der Waals surface area contributed by atoms with E-state index < -0.39 is 22.6 Å². The molecule has 0 bridgehead atoms. The molecule has 1 atom stereocenters. The van der Waals surface area contributed by atoms with E-state index in [1.807, 2.05) is 0 Å². The van der Waals surface area contributed by atoms with Crippen molar-refractivity contribution in [3.63, 3.8) is 0 Å². The molecule has 0 aromatic carbocycles. The van der Waals surface area contributed by atoms with Crippen molar-refractivity contribution in [1.82, 2.24) is 9.13 Å². The predicted molar refractivity (Wildman–Crippen MR) is 86.5 cm³/mol. The van der Waals surface area contributed by atoms with Crippen molar-refractivity contribution in [2.75, 3.05) is 11.4 Å². The summed E-state index contributed by atoms with van der Waals surface area (Å²) >= 11 is 0. The Hall–Kier alpha value is -2.36. The summed E-state index contributed by atoms with van der Waals surface area (Å²) in [4.78, 5) is 39.7. The monoisotopic (exact) mass is 318 g/mol. The van der Waals surface area contributed by atoms with Gasteiger partial charge in [-0.2, -0.15) is 5.26 Å². The van der Waals surface area contributed by atoms with Crippen molar-refractivity contribution < 1.29 is 4.79 Å². The summed E-state index contributed by atoms with van der Waals surface area (Å²) in [6.45, 7) is 9.56. The van der Waals surface area contributed by atoms with Crippen LogP contribution < -0.4 is 16.1 Å². The summed E-state index contributed by atoms with van der Waals surface area (Å²) in [5.41, 5.74) is -2.03. The largest absolute Gasteiger partial charge is 0.331 e. The Kier molecular flexibility index (Phi) is 4.20. The molecular weight excluding hydrogens is 296 g/mol. The number of fused-ring (bicyclic) bond motifs is 1. The van der Waals surface area contributed by atoms with E-state index in [-0.39, 0.29) is 30.4 Å². The normalized spacial score (nSPS) is 20.0. The average molecular weight is 318 g/mol. The van der Waals surface area contributed by atoms with E-state index in [0.717, 1.165) is 4.57 Å². The zero-order chi connectivity index (χ0) is 17.5. The second-order valence-electron chi connectivity index (χ2n) is 5.90. The van der Waals surface area contributed by atoms with Crippen molar-refractivity contribution in [3.05, 3.63) is 26.5 Å². The van der Waals surface area contributed by atoms with E-state index in [1.165, 1.54) is 9.47 Å². The molecule has 23 heavy (non-hydrogen) atoms. The van der Waals surface area contributed by atoms with Gasteiger partial charge in [0.2, 0.25) is 0 Å². The number of hydrogen-bond acceptors (Lipinski definition) is 4. The lowest BCUT2D eigenvalue weighted by molar-refractivity contribution is -0.122. The molecule has 0 fully saturated rings. The van der Waals surface area contributed by atoms with Gasteiger partial charge in [-0.3, -0.25) is 18.7 Å². The molecule has 1 aliphatic rings. The average Bonchev–Trinajstić information content (AvgIpc) is 2.77. The highest BCUT2D eigenvalue weighted by Gasteiger charge is 2.56. The Morgan fingerprint density at radius 1 is 1.04 bits per heavy atom. The molecule has 1 unspecified atom stereocenters. The minimum Gasteiger partial charge on any atom is -0.305 e. The standard InChI is InChI=1S/C16H22N4O3/c1-6-18-11-12(16(9-17,10(4)5)14(18)22)19(7-2)15(23)20(8-3)13(11)21/h10H,6-8H2,1-5H3. The number of nitrogens with zero attached hydrogens (tertiary/aromatic N) is 4. The van der Waals surface area contributed by atoms with Crippen LogP contribution in [0.3, 0.4) is 0 Å². The maximum atomic E-state index is 13.0. The highest BCUT2D eigenvalue weighted by molar-refractivity contribution is 6.09. The first-order valence-corrected chi connectivity index (χ1v) is 7.94. The molecule has 0 saturated carbocycles. The van der Waals surface area contributed by atoms with Gasteiger partial charge >= 0.3 is 5.69 Å². The first-order valence-electron chi connectivity index (χ1n) is 7.94. The Labute approximate surface area is 134 Å². The van der Waals surface area contributed by atoms with Gasteiger partial charge in [-0.1, -0.05) is 13.8 Å². The number of nitriles is 1. The fraction of sp³-hybridized carbons (Fsp3) is 0.625. The zero-order valence-corrected chi connectivity index (χ0v) is 14.2. The second-order valence-corrected chi connectivity index (χ2v) is 5.90. The smallest absolute Gasteiger partial charge is 0.305 e. The Balaban J connectivity index is 3.11. The first-order chi connectivity index (χ1) is 10.8. The van der Waals surface area contributed by atoms with Crippen molar-refractivity contribution in [2.24, 2.45) is 5.92 Å². The molecular formula is C16H22N4O3. The van der Waals surface area contributed by atoms with Gasteiger partial charge in [0.05, 0.1) is 11.8 Å². The van der Waals surface area contributed by atoms with Crippen molar-refractivity contribution in [3.8, 4) is 6.07 Å². The molecule has 7 nitrogen and oxygen atoms in total. The lowest BCUT2D eigenvalue weighted by Gasteiger charge is -2.26. The van der Waals surface area contributed by atoms with Crippen LogP contribution in [0.2, 0.25) is 0 Å². The van der Waals surface area contributed by atoms with Crippen LogP contribution in [-0.4, -0.2) is 21.6 Å². The third kappa shape index (κ3) is 1.90. The molecule has 0 aliphatic carbocycles. The summed E-state index contributed by atoms with van der Waals surface area (Å²) in [6, 6.07) is 2.11. The van der Waals surface area contributed by atoms with Gasteiger partial charge in [0.15, 0.2) is 5.41 Å². The number of hydrogen-bond donors (Lipinski definition) is 0. The van der Waals surface area contributed by atoms with Gasteiger partial charge in [0.25, 0.3) is 11.5 Å². The minimum absolute atomic E-state index is 0.177. The summed E-state index contributed by atoms with van der Waals surface area (Å²) in [5.74, 6) is -0.774. The van der Waals surface area contributed by atoms with Crippen molar-refractivity contribution in [1.29, 1.82) is 5.26 Å². The summed E-state index contributed by atoms with van der Waals surface area (Å²) in [5, 5.41) is 9.82. The molecule has 2 rings (SSSR count). The van der Waals surface area contributed by atoms with E-state index >= 15 is 0 Å². The summed E-state index contributed by atoms with van der Waals surface area (Å²) < 4.78 is 2.52. The van der Waals surface area contributed by atoms with Crippen molar-refractivity contribution in [2.45, 2.75) is 53.1 Å². The molecule has 2 heterocycles. The Morgan fingerprint density at radius 3 is 2.00 bits per heavy atom. The predicted octanol–water partition coefficient (Wildman–Crippen LogP) is 0.834. The number of carbonyl (C=O) groups excluding carboxylic acids is 1. The van der Waals surface area contributed by atoms with Crippen LogP contribution in [0.25, 0.3) is 0 Å². The molecule has 0 N–H and O–H groups in total. The second kappa shape index (κ2) is 5.69. The highest BCUT2D eigenvalue weighted by Crippen LogP contribution is 2.43. The molecule has 7 heteroatoms. The SMILES string of the molecule is CCN1C(=O)C(C#N)(C(C)C)c2c1c(=O)n(CC)c(=O)n2CC. The molecule has 1 amide bonds. The maximum Gasteiger partial charge on any atom is 0.331 e. The van der Waals surface area contributed by atoms with E-state index in [4.69, 9.17) is 0 Å². The molecule has 0 saturated heterocycles. The van der Waals surface area contributed by atoms with Crippen LogP contribution in [0, 0.1) is 17.2 Å². The fourth-order valence-corrected chi connectivity index (χ4v) is 3.37. The Morgan fingerprint density at radius 2 is 1.61 bits per heavy atom. The molecule has 1 aliphatic heterocycles. The van der Waals surface area contributed by atoms with E-state index in [1.54, 1.807) is 34.6 Å². The number of aromatic nitrogens is 2. The third-order valence-corrected chi connectivity index (χ3v) is 4.62. The maximum absolute atomic E-state index is 13.0. The minimum atomic E-state index is -1.49. The first kappa shape index (κ1) is 17.0. The molecule has 1 aromatic rings. The number of likely N-dealkylation sites (N-methyl/N-ethyl adjacent to an activating group) is 1. The van der Waals surface area contributed by atoms with Crippen LogP contribution in [-0.2, 0) is 23.3 Å². The van der Waals surface area contributed by atoms with Gasteiger partial charge < -0.3 is 4.90 Å². The number of anilines is 1. The van der Waals surface area contributed by atoms with Crippen LogP contribution >= 0.6 is 0 Å². The molecule has 0 spiro atoms. The van der Waals surface area contributed by atoms with E-state index in [0.29, 0.717) is 6.54 Å².